The highest BCUT2D eigenvalue weighted by Gasteiger charge is 2.56. The Labute approximate surface area is 162 Å². The molecule has 1 fully saturated rings. The number of nitrogens with zero attached hydrogens (tertiary/aromatic N) is 1. The summed E-state index contributed by atoms with van der Waals surface area (Å²) in [5.41, 5.74) is 4.46. The zero-order valence-electron chi connectivity index (χ0n) is 14.6. The molecule has 0 atom stereocenters. The second-order valence-corrected chi connectivity index (χ2v) is 7.56. The number of ether oxygens (including phenoxy) is 2. The van der Waals surface area contributed by atoms with Gasteiger partial charge >= 0.3 is 0 Å². The summed E-state index contributed by atoms with van der Waals surface area (Å²) in [5, 5.41) is 1.10. The molecule has 2 aromatic carbocycles. The van der Waals surface area contributed by atoms with E-state index in [4.69, 9.17) is 32.7 Å². The van der Waals surface area contributed by atoms with Gasteiger partial charge < -0.3 is 14.4 Å². The minimum absolute atomic E-state index is 0.199. The molecule has 1 spiro atoms. The van der Waals surface area contributed by atoms with Crippen LogP contribution >= 0.6 is 23.2 Å². The molecule has 0 N–H and O–H groups in total. The van der Waals surface area contributed by atoms with Gasteiger partial charge in [-0.15, -0.1) is 0 Å². The molecular formula is C20H19Cl2NO3. The quantitative estimate of drug-likeness (QED) is 0.741. The third-order valence-corrected chi connectivity index (χ3v) is 5.54. The summed E-state index contributed by atoms with van der Waals surface area (Å²) in [6.45, 7) is 5.29. The van der Waals surface area contributed by atoms with E-state index in [0.29, 0.717) is 29.8 Å². The van der Waals surface area contributed by atoms with Crippen molar-refractivity contribution in [2.45, 2.75) is 32.6 Å². The summed E-state index contributed by atoms with van der Waals surface area (Å²) in [6, 6.07) is 9.32. The predicted molar refractivity (Wildman–Crippen MR) is 102 cm³/mol. The van der Waals surface area contributed by atoms with Crippen LogP contribution in [0, 0.1) is 13.8 Å². The normalized spacial score (nSPS) is 18.5. The number of rotatable bonds is 2. The minimum Gasteiger partial charge on any atom is -0.338 e. The first kappa shape index (κ1) is 17.8. The standard InChI is InChI=1S/C20H19Cl2NO3/c1-12-4-5-13(2)18-17(12)20(25-8-3-9-26-20)19(24)23(18)11-14-6-7-15(21)10-16(14)22/h4-7,10H,3,8-9,11H2,1-2H3. The molecule has 0 aromatic heterocycles. The van der Waals surface area contributed by atoms with Gasteiger partial charge in [0.25, 0.3) is 11.7 Å². The van der Waals surface area contributed by atoms with Gasteiger partial charge in [-0.05, 0) is 49.1 Å². The van der Waals surface area contributed by atoms with E-state index in [0.717, 1.165) is 34.4 Å². The predicted octanol–water partition coefficient (Wildman–Crippen LogP) is 4.75. The molecule has 1 saturated heterocycles. The molecule has 2 aliphatic heterocycles. The lowest BCUT2D eigenvalue weighted by Gasteiger charge is -2.33. The molecule has 2 aromatic rings. The van der Waals surface area contributed by atoms with Crippen LogP contribution < -0.4 is 4.90 Å². The molecule has 0 aliphatic carbocycles. The Balaban J connectivity index is 1.84. The third kappa shape index (κ3) is 2.64. The first-order valence-corrected chi connectivity index (χ1v) is 9.34. The average molecular weight is 392 g/mol. The van der Waals surface area contributed by atoms with E-state index in [1.807, 2.05) is 32.0 Å². The molecule has 136 valence electrons. The van der Waals surface area contributed by atoms with Crippen molar-refractivity contribution in [1.29, 1.82) is 0 Å². The SMILES string of the molecule is Cc1ccc(C)c2c1N(Cc1ccc(Cl)cc1Cl)C(=O)C21OCCCO1. The van der Waals surface area contributed by atoms with E-state index < -0.39 is 5.79 Å². The van der Waals surface area contributed by atoms with E-state index in [9.17, 15) is 4.79 Å². The number of fused-ring (bicyclic) bond motifs is 2. The van der Waals surface area contributed by atoms with E-state index >= 15 is 0 Å². The number of hydrogen-bond donors (Lipinski definition) is 0. The van der Waals surface area contributed by atoms with Gasteiger partial charge in [0.1, 0.15) is 0 Å². The third-order valence-electron chi connectivity index (χ3n) is 4.96. The molecule has 2 aliphatic rings. The van der Waals surface area contributed by atoms with Crippen molar-refractivity contribution in [2.24, 2.45) is 0 Å². The lowest BCUT2D eigenvalue weighted by atomic mass is 9.97. The van der Waals surface area contributed by atoms with Gasteiger partial charge in [0, 0.05) is 15.6 Å². The molecular weight excluding hydrogens is 373 g/mol. The van der Waals surface area contributed by atoms with Crippen molar-refractivity contribution in [3.05, 3.63) is 62.6 Å². The fourth-order valence-corrected chi connectivity index (χ4v) is 4.19. The topological polar surface area (TPSA) is 38.8 Å². The molecule has 1 amide bonds. The molecule has 0 saturated carbocycles. The fourth-order valence-electron chi connectivity index (χ4n) is 3.72. The van der Waals surface area contributed by atoms with Crippen LogP contribution in [0.1, 0.15) is 28.7 Å². The zero-order chi connectivity index (χ0) is 18.5. The Kier molecular flexibility index (Phi) is 4.48. The Morgan fingerprint density at radius 1 is 1.08 bits per heavy atom. The van der Waals surface area contributed by atoms with E-state index in [-0.39, 0.29) is 5.91 Å². The molecule has 6 heteroatoms. The highest BCUT2D eigenvalue weighted by atomic mass is 35.5. The van der Waals surface area contributed by atoms with Gasteiger partial charge in [-0.3, -0.25) is 4.79 Å². The smallest absolute Gasteiger partial charge is 0.292 e. The number of hydrogen-bond acceptors (Lipinski definition) is 3. The van der Waals surface area contributed by atoms with Crippen LogP contribution in [0.15, 0.2) is 30.3 Å². The summed E-state index contributed by atoms with van der Waals surface area (Å²) in [6.07, 6.45) is 0.776. The maximum atomic E-state index is 13.4. The van der Waals surface area contributed by atoms with Crippen LogP contribution in [-0.4, -0.2) is 19.1 Å². The van der Waals surface area contributed by atoms with Crippen LogP contribution in [0.2, 0.25) is 10.0 Å². The van der Waals surface area contributed by atoms with Crippen molar-refractivity contribution in [2.75, 3.05) is 18.1 Å². The average Bonchev–Trinajstić information content (AvgIpc) is 2.85. The van der Waals surface area contributed by atoms with Crippen LogP contribution in [0.4, 0.5) is 5.69 Å². The second-order valence-electron chi connectivity index (χ2n) is 6.72. The largest absolute Gasteiger partial charge is 0.338 e. The molecule has 4 rings (SSSR count). The van der Waals surface area contributed by atoms with Crippen molar-refractivity contribution >= 4 is 34.8 Å². The number of benzene rings is 2. The number of carbonyl (C=O) groups is 1. The first-order chi connectivity index (χ1) is 12.4. The molecule has 4 nitrogen and oxygen atoms in total. The number of carbonyl (C=O) groups excluding carboxylic acids is 1. The lowest BCUT2D eigenvalue weighted by Crippen LogP contribution is -2.47. The summed E-state index contributed by atoms with van der Waals surface area (Å²) >= 11 is 12.3. The van der Waals surface area contributed by atoms with Crippen molar-refractivity contribution in [1.82, 2.24) is 0 Å². The van der Waals surface area contributed by atoms with Gasteiger partial charge in [-0.2, -0.15) is 0 Å². The van der Waals surface area contributed by atoms with Crippen LogP contribution in [0.3, 0.4) is 0 Å². The van der Waals surface area contributed by atoms with Gasteiger partial charge in [0.15, 0.2) is 0 Å². The highest BCUT2D eigenvalue weighted by Crippen LogP contribution is 2.49. The van der Waals surface area contributed by atoms with E-state index in [1.165, 1.54) is 0 Å². The van der Waals surface area contributed by atoms with Crippen LogP contribution in [0.5, 0.6) is 0 Å². The first-order valence-electron chi connectivity index (χ1n) is 8.58. The molecule has 26 heavy (non-hydrogen) atoms. The molecule has 0 unspecified atom stereocenters. The summed E-state index contributed by atoms with van der Waals surface area (Å²) in [4.78, 5) is 15.2. The van der Waals surface area contributed by atoms with Gasteiger partial charge in [0.05, 0.1) is 25.4 Å². The molecule has 2 heterocycles. The monoisotopic (exact) mass is 391 g/mol. The Bertz CT molecular complexity index is 891. The lowest BCUT2D eigenvalue weighted by molar-refractivity contribution is -0.257. The fraction of sp³-hybridized carbons (Fsp3) is 0.350. The van der Waals surface area contributed by atoms with Gasteiger partial charge in [-0.25, -0.2) is 0 Å². The van der Waals surface area contributed by atoms with Crippen LogP contribution in [0.25, 0.3) is 0 Å². The van der Waals surface area contributed by atoms with Crippen molar-refractivity contribution in [3.63, 3.8) is 0 Å². The highest BCUT2D eigenvalue weighted by molar-refractivity contribution is 6.35. The zero-order valence-corrected chi connectivity index (χ0v) is 16.2. The summed E-state index contributed by atoms with van der Waals surface area (Å²) in [7, 11) is 0. The van der Waals surface area contributed by atoms with Gasteiger partial charge in [-0.1, -0.05) is 41.4 Å². The van der Waals surface area contributed by atoms with Crippen LogP contribution in [-0.2, 0) is 26.6 Å². The maximum Gasteiger partial charge on any atom is 0.292 e. The Hall–Kier alpha value is -1.59. The molecule has 0 bridgehead atoms. The van der Waals surface area contributed by atoms with E-state index in [1.54, 1.807) is 17.0 Å². The Morgan fingerprint density at radius 3 is 2.46 bits per heavy atom. The number of halogens is 2. The van der Waals surface area contributed by atoms with Gasteiger partial charge in [0.2, 0.25) is 0 Å². The number of anilines is 1. The minimum atomic E-state index is -1.34. The Morgan fingerprint density at radius 2 is 1.77 bits per heavy atom. The maximum absolute atomic E-state index is 13.4. The number of amides is 1. The summed E-state index contributed by atoms with van der Waals surface area (Å²) < 4.78 is 11.9. The molecule has 0 radical (unpaired) electrons. The van der Waals surface area contributed by atoms with Crippen molar-refractivity contribution in [3.8, 4) is 0 Å². The summed E-state index contributed by atoms with van der Waals surface area (Å²) in [5.74, 6) is -1.54. The number of aryl methyl sites for hydroxylation is 2. The van der Waals surface area contributed by atoms with Crippen molar-refractivity contribution < 1.29 is 14.3 Å². The van der Waals surface area contributed by atoms with E-state index in [2.05, 4.69) is 0 Å². The second kappa shape index (κ2) is 6.54.